The number of aliphatic imine (C=N–C) groups is 1. The molecule has 0 unspecified atom stereocenters. The third kappa shape index (κ3) is 5.48. The van der Waals surface area contributed by atoms with E-state index in [0.29, 0.717) is 58.8 Å². The highest BCUT2D eigenvalue weighted by Crippen LogP contribution is 2.44. The number of benzene rings is 1. The van der Waals surface area contributed by atoms with E-state index < -0.39 is 16.9 Å². The Morgan fingerprint density at radius 3 is 2.69 bits per heavy atom. The quantitative estimate of drug-likeness (QED) is 0.506. The second-order valence-electron chi connectivity index (χ2n) is 7.44. The van der Waals surface area contributed by atoms with E-state index in [4.69, 9.17) is 4.74 Å². The maximum atomic E-state index is 13.8. The molecule has 176 valence electrons. The lowest BCUT2D eigenvalue weighted by atomic mass is 10.1. The fourth-order valence-corrected chi connectivity index (χ4v) is 4.67. The number of hydrogen-bond acceptors (Lipinski definition) is 6. The first-order valence-electron chi connectivity index (χ1n) is 9.71. The van der Waals surface area contributed by atoms with Gasteiger partial charge in [-0.3, -0.25) is 4.90 Å². The first-order valence-corrected chi connectivity index (χ1v) is 11.7. The van der Waals surface area contributed by atoms with Crippen molar-refractivity contribution in [2.75, 3.05) is 45.7 Å². The van der Waals surface area contributed by atoms with Crippen LogP contribution in [0.1, 0.15) is 16.9 Å². The van der Waals surface area contributed by atoms with Crippen molar-refractivity contribution in [3.8, 4) is 0 Å². The summed E-state index contributed by atoms with van der Waals surface area (Å²) in [4.78, 5) is 8.22. The maximum absolute atomic E-state index is 13.8. The van der Waals surface area contributed by atoms with Gasteiger partial charge >= 0.3 is 6.18 Å². The first-order chi connectivity index (χ1) is 15.3. The van der Waals surface area contributed by atoms with E-state index in [1.807, 2.05) is 11.9 Å². The largest absolute Gasteiger partial charge is 0.425 e. The van der Waals surface area contributed by atoms with E-state index >= 15 is 0 Å². The molecule has 0 aliphatic carbocycles. The number of methoxy groups -OCH3 is 1. The van der Waals surface area contributed by atoms with Crippen LogP contribution in [0.3, 0.4) is 0 Å². The third-order valence-corrected chi connectivity index (χ3v) is 6.51. The summed E-state index contributed by atoms with van der Waals surface area (Å²) in [5.41, 5.74) is 1.24. The highest BCUT2D eigenvalue weighted by molar-refractivity contribution is 7.16. The number of fused-ring (bicyclic) bond motifs is 2. The molecule has 3 heterocycles. The van der Waals surface area contributed by atoms with Crippen molar-refractivity contribution in [2.45, 2.75) is 18.6 Å². The van der Waals surface area contributed by atoms with Gasteiger partial charge < -0.3 is 15.0 Å². The van der Waals surface area contributed by atoms with Gasteiger partial charge in [0.2, 0.25) is 0 Å². The normalized spacial score (nSPS) is 18.6. The molecule has 0 radical (unpaired) electrons. The number of rotatable bonds is 3. The van der Waals surface area contributed by atoms with Gasteiger partial charge in [0, 0.05) is 61.1 Å². The Bertz CT molecular complexity index is 970. The summed E-state index contributed by atoms with van der Waals surface area (Å²) in [5, 5.41) is 3.28. The second-order valence-corrected chi connectivity index (χ2v) is 8.49. The minimum atomic E-state index is -4.46. The molecule has 2 aromatic rings. The maximum Gasteiger partial charge on any atom is 0.425 e. The van der Waals surface area contributed by atoms with E-state index in [1.165, 1.54) is 18.2 Å². The van der Waals surface area contributed by atoms with Crippen LogP contribution in [0.4, 0.5) is 33.9 Å². The number of halogens is 6. The average Bonchev–Trinajstić information content (AvgIpc) is 3.12. The van der Waals surface area contributed by atoms with Crippen LogP contribution >= 0.6 is 33.0 Å². The Labute approximate surface area is 197 Å². The van der Waals surface area contributed by atoms with Crippen molar-refractivity contribution in [3.63, 3.8) is 0 Å². The number of thiophene rings is 1. The highest BCUT2D eigenvalue weighted by Gasteiger charge is 2.37. The fourth-order valence-electron chi connectivity index (χ4n) is 3.74. The van der Waals surface area contributed by atoms with Crippen LogP contribution in [0, 0.1) is 5.82 Å². The summed E-state index contributed by atoms with van der Waals surface area (Å²) in [5.74, 6) is -0.00148. The number of anilines is 2. The molecule has 0 spiro atoms. The summed E-state index contributed by atoms with van der Waals surface area (Å²) in [6, 6.07) is 5.42. The molecule has 1 saturated heterocycles. The van der Waals surface area contributed by atoms with Crippen molar-refractivity contribution in [3.05, 3.63) is 40.5 Å². The van der Waals surface area contributed by atoms with Gasteiger partial charge in [0.25, 0.3) is 0 Å². The lowest BCUT2D eigenvalue weighted by Crippen LogP contribution is -2.53. The van der Waals surface area contributed by atoms with Gasteiger partial charge in [0.15, 0.2) is 0 Å². The lowest BCUT2D eigenvalue weighted by Gasteiger charge is -2.40. The minimum absolute atomic E-state index is 0.189. The van der Waals surface area contributed by atoms with Crippen molar-refractivity contribution in [2.24, 2.45) is 4.99 Å². The molecule has 1 atom stereocenters. The van der Waals surface area contributed by atoms with E-state index in [2.05, 4.69) is 36.9 Å². The van der Waals surface area contributed by atoms with Crippen LogP contribution in [-0.2, 0) is 10.9 Å². The zero-order chi connectivity index (χ0) is 23.5. The molecule has 1 N–H and O–H groups in total. The van der Waals surface area contributed by atoms with Gasteiger partial charge in [0.05, 0.1) is 16.9 Å². The van der Waals surface area contributed by atoms with E-state index in [0.717, 1.165) is 19.0 Å². The van der Waals surface area contributed by atoms with Gasteiger partial charge in [-0.25, -0.2) is 9.38 Å². The van der Waals surface area contributed by atoms with E-state index in [9.17, 15) is 17.6 Å². The Balaban J connectivity index is 0.00000141. The number of nitrogens with zero attached hydrogens (tertiary/aromatic N) is 3. The zero-order valence-corrected chi connectivity index (χ0v) is 19.7. The monoisotopic (exact) mass is 512 g/mol. The number of ether oxygens (including phenoxy) is 1. The number of likely N-dealkylation sites (N-methyl/N-ethyl adjacent to an activating group) is 1. The summed E-state index contributed by atoms with van der Waals surface area (Å²) >= 11 is 0.612. The molecule has 4 rings (SSSR count). The number of amidine groups is 1. The first kappa shape index (κ1) is 25.0. The summed E-state index contributed by atoms with van der Waals surface area (Å²) in [7, 11) is 11.9. The van der Waals surface area contributed by atoms with Crippen LogP contribution < -0.4 is 5.32 Å². The van der Waals surface area contributed by atoms with E-state index in [1.54, 1.807) is 7.11 Å². The Morgan fingerprint density at radius 1 is 1.25 bits per heavy atom. The number of hydrogen-bond donors (Lipinski definition) is 1. The van der Waals surface area contributed by atoms with Crippen molar-refractivity contribution in [1.82, 2.24) is 9.80 Å². The molecule has 2 aliphatic heterocycles. The van der Waals surface area contributed by atoms with Crippen LogP contribution in [0.2, 0.25) is 0 Å². The van der Waals surface area contributed by atoms with Gasteiger partial charge in [-0.1, -0.05) is 0 Å². The molecule has 2 aliphatic rings. The van der Waals surface area contributed by atoms with Gasteiger partial charge in [-0.2, -0.15) is 13.2 Å². The van der Waals surface area contributed by atoms with Crippen LogP contribution in [-0.4, -0.2) is 62.1 Å². The smallest absolute Gasteiger partial charge is 0.385 e. The molecule has 0 bridgehead atoms. The standard InChI is InChI=1S/C20H22F4N4OS.Cl2/c1-27-6-7-28(11-13(27)5-8-29-2)18-14-10-17(20(22,23)24)30-19(14)26-16-9-12(21)3-4-15(16)25-18;1-2/h3-4,9-10,13,26H,5-8,11H2,1-2H3;/t13-;/m0./s1. The molecule has 0 amide bonds. The molecule has 1 aromatic heterocycles. The molecule has 5 nitrogen and oxygen atoms in total. The SMILES string of the molecule is COCC[C@H]1CN(C2=Nc3ccc(F)cc3Nc3sc(C(F)(F)F)cc32)CCN1C.ClCl. The molecule has 0 saturated carbocycles. The van der Waals surface area contributed by atoms with Crippen LogP contribution in [0.15, 0.2) is 29.3 Å². The average molecular weight is 513 g/mol. The fraction of sp³-hybridized carbons (Fsp3) is 0.450. The molecule has 12 heteroatoms. The number of alkyl halides is 3. The Kier molecular flexibility index (Phi) is 8.26. The Morgan fingerprint density at radius 2 is 2.00 bits per heavy atom. The van der Waals surface area contributed by atoms with E-state index in [-0.39, 0.29) is 6.04 Å². The highest BCUT2D eigenvalue weighted by atomic mass is 36.5. The van der Waals surface area contributed by atoms with Crippen molar-refractivity contribution in [1.29, 1.82) is 0 Å². The number of piperazine rings is 1. The van der Waals surface area contributed by atoms with Crippen molar-refractivity contribution >= 4 is 55.3 Å². The summed E-state index contributed by atoms with van der Waals surface area (Å²) in [6.07, 6.45) is -3.65. The topological polar surface area (TPSA) is 40.1 Å². The minimum Gasteiger partial charge on any atom is -0.385 e. The molecular weight excluding hydrogens is 491 g/mol. The zero-order valence-electron chi connectivity index (χ0n) is 17.3. The predicted octanol–water partition coefficient (Wildman–Crippen LogP) is 6.07. The predicted molar refractivity (Wildman–Crippen MR) is 121 cm³/mol. The van der Waals surface area contributed by atoms with Crippen LogP contribution in [0.5, 0.6) is 0 Å². The summed E-state index contributed by atoms with van der Waals surface area (Å²) < 4.78 is 59.2. The molecular formula is C20H22Cl2F4N4OS. The molecule has 32 heavy (non-hydrogen) atoms. The number of nitrogens with one attached hydrogen (secondary N) is 1. The lowest BCUT2D eigenvalue weighted by molar-refractivity contribution is -0.134. The third-order valence-electron chi connectivity index (χ3n) is 5.42. The van der Waals surface area contributed by atoms with Crippen molar-refractivity contribution < 1.29 is 22.3 Å². The van der Waals surface area contributed by atoms with Gasteiger partial charge in [-0.05, 0) is 37.7 Å². The molecule has 1 fully saturated rings. The van der Waals surface area contributed by atoms with Gasteiger partial charge in [-0.15, -0.1) is 11.3 Å². The Hall–Kier alpha value is -1.59. The second kappa shape index (κ2) is 10.6. The molecule has 1 aromatic carbocycles. The van der Waals surface area contributed by atoms with Crippen LogP contribution in [0.25, 0.3) is 0 Å². The summed E-state index contributed by atoms with van der Waals surface area (Å²) in [6.45, 7) is 2.60. The van der Waals surface area contributed by atoms with Gasteiger partial charge in [0.1, 0.15) is 21.5 Å².